The number of ether oxygens (including phenoxy) is 3. The predicted octanol–water partition coefficient (Wildman–Crippen LogP) is 2.31. The maximum Gasteiger partial charge on any atom is 0.129 e. The summed E-state index contributed by atoms with van der Waals surface area (Å²) in [5.41, 5.74) is 0.478. The van der Waals surface area contributed by atoms with Gasteiger partial charge < -0.3 is 19.3 Å². The van der Waals surface area contributed by atoms with Crippen LogP contribution in [0.15, 0.2) is 18.2 Å². The molecule has 0 radical (unpaired) electrons. The van der Waals surface area contributed by atoms with E-state index >= 15 is 0 Å². The SMILES string of the molecule is COCCOc1ccc2c(c1)OC(C)(C)CC2O. The van der Waals surface area contributed by atoms with Gasteiger partial charge in [0, 0.05) is 25.2 Å². The van der Waals surface area contributed by atoms with Crippen LogP contribution in [0.4, 0.5) is 0 Å². The van der Waals surface area contributed by atoms with Crippen molar-refractivity contribution in [2.24, 2.45) is 0 Å². The summed E-state index contributed by atoms with van der Waals surface area (Å²) >= 11 is 0. The van der Waals surface area contributed by atoms with E-state index in [1.54, 1.807) is 7.11 Å². The third-order valence-corrected chi connectivity index (χ3v) is 2.97. The van der Waals surface area contributed by atoms with Crippen molar-refractivity contribution in [2.75, 3.05) is 20.3 Å². The first-order valence-corrected chi connectivity index (χ1v) is 6.14. The van der Waals surface area contributed by atoms with Gasteiger partial charge in [-0.15, -0.1) is 0 Å². The largest absolute Gasteiger partial charge is 0.491 e. The number of aliphatic hydroxyl groups excluding tert-OH is 1. The molecule has 1 unspecified atom stereocenters. The Morgan fingerprint density at radius 1 is 1.39 bits per heavy atom. The van der Waals surface area contributed by atoms with Crippen LogP contribution >= 0.6 is 0 Å². The molecule has 1 aromatic carbocycles. The van der Waals surface area contributed by atoms with Crippen LogP contribution < -0.4 is 9.47 Å². The Morgan fingerprint density at radius 3 is 2.89 bits per heavy atom. The average Bonchev–Trinajstić information content (AvgIpc) is 2.27. The molecule has 0 spiro atoms. The molecule has 0 fully saturated rings. The summed E-state index contributed by atoms with van der Waals surface area (Å²) in [5.74, 6) is 1.43. The van der Waals surface area contributed by atoms with Crippen LogP contribution in [0.2, 0.25) is 0 Å². The molecule has 0 saturated carbocycles. The van der Waals surface area contributed by atoms with Crippen LogP contribution in [0, 0.1) is 0 Å². The zero-order chi connectivity index (χ0) is 13.2. The molecule has 1 aliphatic rings. The summed E-state index contributed by atoms with van der Waals surface area (Å²) in [4.78, 5) is 0. The van der Waals surface area contributed by atoms with E-state index in [0.29, 0.717) is 25.4 Å². The fraction of sp³-hybridized carbons (Fsp3) is 0.571. The lowest BCUT2D eigenvalue weighted by Gasteiger charge is -2.35. The Kier molecular flexibility index (Phi) is 3.78. The first kappa shape index (κ1) is 13.2. The highest BCUT2D eigenvalue weighted by Gasteiger charge is 2.32. The molecule has 1 N–H and O–H groups in total. The van der Waals surface area contributed by atoms with E-state index in [4.69, 9.17) is 14.2 Å². The number of hydrogen-bond acceptors (Lipinski definition) is 4. The highest BCUT2D eigenvalue weighted by atomic mass is 16.5. The summed E-state index contributed by atoms with van der Waals surface area (Å²) in [5, 5.41) is 10.1. The number of methoxy groups -OCH3 is 1. The van der Waals surface area contributed by atoms with Crippen molar-refractivity contribution < 1.29 is 19.3 Å². The number of benzene rings is 1. The first-order chi connectivity index (χ1) is 8.52. The molecule has 4 nitrogen and oxygen atoms in total. The van der Waals surface area contributed by atoms with Crippen molar-refractivity contribution >= 4 is 0 Å². The minimum absolute atomic E-state index is 0.350. The Balaban J connectivity index is 2.15. The van der Waals surface area contributed by atoms with Crippen molar-refractivity contribution in [3.05, 3.63) is 23.8 Å². The quantitative estimate of drug-likeness (QED) is 0.835. The summed E-state index contributed by atoms with van der Waals surface area (Å²) in [6.07, 6.45) is 0.126. The third kappa shape index (κ3) is 2.94. The van der Waals surface area contributed by atoms with Crippen molar-refractivity contribution in [2.45, 2.75) is 32.0 Å². The van der Waals surface area contributed by atoms with Crippen LogP contribution in [0.1, 0.15) is 31.9 Å². The Labute approximate surface area is 107 Å². The van der Waals surface area contributed by atoms with Crippen molar-refractivity contribution in [1.82, 2.24) is 0 Å². The van der Waals surface area contributed by atoms with E-state index in [-0.39, 0.29) is 5.60 Å². The smallest absolute Gasteiger partial charge is 0.129 e. The van der Waals surface area contributed by atoms with Gasteiger partial charge >= 0.3 is 0 Å². The van der Waals surface area contributed by atoms with E-state index in [9.17, 15) is 5.11 Å². The summed E-state index contributed by atoms with van der Waals surface area (Å²) < 4.78 is 16.3. The molecule has 1 aliphatic heterocycles. The molecule has 4 heteroatoms. The van der Waals surface area contributed by atoms with E-state index < -0.39 is 6.10 Å². The van der Waals surface area contributed by atoms with Gasteiger partial charge in [0.1, 0.15) is 23.7 Å². The Morgan fingerprint density at radius 2 is 2.17 bits per heavy atom. The van der Waals surface area contributed by atoms with E-state index in [0.717, 1.165) is 11.3 Å². The Hall–Kier alpha value is -1.26. The van der Waals surface area contributed by atoms with Gasteiger partial charge in [-0.05, 0) is 26.0 Å². The van der Waals surface area contributed by atoms with Crippen LogP contribution in [0.3, 0.4) is 0 Å². The molecule has 0 aliphatic carbocycles. The van der Waals surface area contributed by atoms with Gasteiger partial charge in [-0.1, -0.05) is 0 Å². The van der Waals surface area contributed by atoms with E-state index in [1.807, 2.05) is 32.0 Å². The second kappa shape index (κ2) is 5.16. The maximum absolute atomic E-state index is 10.1. The molecule has 0 saturated heterocycles. The fourth-order valence-electron chi connectivity index (χ4n) is 2.13. The fourth-order valence-corrected chi connectivity index (χ4v) is 2.13. The van der Waals surface area contributed by atoms with E-state index in [2.05, 4.69) is 0 Å². The Bertz CT molecular complexity index is 414. The number of hydrogen-bond donors (Lipinski definition) is 1. The third-order valence-electron chi connectivity index (χ3n) is 2.97. The zero-order valence-corrected chi connectivity index (χ0v) is 11.1. The van der Waals surface area contributed by atoms with Crippen LogP contribution in [0.5, 0.6) is 11.5 Å². The highest BCUT2D eigenvalue weighted by Crippen LogP contribution is 2.40. The normalized spacial score (nSPS) is 21.0. The summed E-state index contributed by atoms with van der Waals surface area (Å²) in [6.45, 7) is 4.99. The lowest BCUT2D eigenvalue weighted by Crippen LogP contribution is -2.34. The summed E-state index contributed by atoms with van der Waals surface area (Å²) in [7, 11) is 1.64. The second-order valence-electron chi connectivity index (χ2n) is 5.12. The van der Waals surface area contributed by atoms with E-state index in [1.165, 1.54) is 0 Å². The van der Waals surface area contributed by atoms with Gasteiger partial charge in [0.25, 0.3) is 0 Å². The molecule has 0 bridgehead atoms. The molecule has 1 heterocycles. The minimum atomic E-state index is -0.475. The van der Waals surface area contributed by atoms with Crippen LogP contribution in [-0.2, 0) is 4.74 Å². The maximum atomic E-state index is 10.1. The average molecular weight is 252 g/mol. The number of rotatable bonds is 4. The van der Waals surface area contributed by atoms with Gasteiger partial charge in [0.05, 0.1) is 12.7 Å². The van der Waals surface area contributed by atoms with Gasteiger partial charge in [-0.3, -0.25) is 0 Å². The highest BCUT2D eigenvalue weighted by molar-refractivity contribution is 5.43. The van der Waals surface area contributed by atoms with Gasteiger partial charge in [0.15, 0.2) is 0 Å². The predicted molar refractivity (Wildman–Crippen MR) is 68.1 cm³/mol. The standard InChI is InChI=1S/C14H20O4/c1-14(2)9-12(15)11-5-4-10(8-13(11)18-14)17-7-6-16-3/h4-5,8,12,15H,6-7,9H2,1-3H3. The molecule has 1 atom stereocenters. The molecule has 0 aromatic heterocycles. The molecular weight excluding hydrogens is 232 g/mol. The van der Waals surface area contributed by atoms with Crippen LogP contribution in [0.25, 0.3) is 0 Å². The minimum Gasteiger partial charge on any atom is -0.491 e. The van der Waals surface area contributed by atoms with Crippen molar-refractivity contribution in [1.29, 1.82) is 0 Å². The molecular formula is C14H20O4. The van der Waals surface area contributed by atoms with Gasteiger partial charge in [-0.25, -0.2) is 0 Å². The number of fused-ring (bicyclic) bond motifs is 1. The second-order valence-corrected chi connectivity index (χ2v) is 5.12. The number of aliphatic hydroxyl groups is 1. The molecule has 2 rings (SSSR count). The monoisotopic (exact) mass is 252 g/mol. The molecule has 1 aromatic rings. The zero-order valence-electron chi connectivity index (χ0n) is 11.1. The van der Waals surface area contributed by atoms with Gasteiger partial charge in [-0.2, -0.15) is 0 Å². The molecule has 0 amide bonds. The van der Waals surface area contributed by atoms with Gasteiger partial charge in [0.2, 0.25) is 0 Å². The molecule has 100 valence electrons. The lowest BCUT2D eigenvalue weighted by molar-refractivity contribution is 0.0112. The molecule has 18 heavy (non-hydrogen) atoms. The summed E-state index contributed by atoms with van der Waals surface area (Å²) in [6, 6.07) is 5.53. The topological polar surface area (TPSA) is 47.9 Å². The lowest BCUT2D eigenvalue weighted by atomic mass is 9.92. The van der Waals surface area contributed by atoms with Crippen molar-refractivity contribution in [3.63, 3.8) is 0 Å². The van der Waals surface area contributed by atoms with Crippen LogP contribution in [-0.4, -0.2) is 31.0 Å². The first-order valence-electron chi connectivity index (χ1n) is 6.14. The van der Waals surface area contributed by atoms with Crippen molar-refractivity contribution in [3.8, 4) is 11.5 Å².